The zero-order chi connectivity index (χ0) is 13.4. The van der Waals surface area contributed by atoms with E-state index in [1.54, 1.807) is 12.1 Å². The SMILES string of the molecule is COCC(O)CNC(=O)C=Cc1ccccc1Cl. The molecular formula is C13H16ClNO3. The minimum absolute atomic E-state index is 0.152. The molecule has 5 heteroatoms. The van der Waals surface area contributed by atoms with Gasteiger partial charge in [-0.15, -0.1) is 0 Å². The number of methoxy groups -OCH3 is 1. The van der Waals surface area contributed by atoms with Crippen LogP contribution in [0.1, 0.15) is 5.56 Å². The second-order valence-corrected chi connectivity index (χ2v) is 4.12. The van der Waals surface area contributed by atoms with Gasteiger partial charge < -0.3 is 15.2 Å². The van der Waals surface area contributed by atoms with E-state index in [1.165, 1.54) is 13.2 Å². The molecular weight excluding hydrogens is 254 g/mol. The molecule has 98 valence electrons. The van der Waals surface area contributed by atoms with Gasteiger partial charge in [0.1, 0.15) is 0 Å². The summed E-state index contributed by atoms with van der Waals surface area (Å²) in [6, 6.07) is 7.22. The molecule has 2 N–H and O–H groups in total. The lowest BCUT2D eigenvalue weighted by Crippen LogP contribution is -2.33. The fraction of sp³-hybridized carbons (Fsp3) is 0.308. The van der Waals surface area contributed by atoms with Gasteiger partial charge in [-0.1, -0.05) is 29.8 Å². The molecule has 0 bridgehead atoms. The highest BCUT2D eigenvalue weighted by molar-refractivity contribution is 6.32. The Kier molecular flexibility index (Phi) is 6.43. The maximum atomic E-state index is 11.4. The molecule has 1 aromatic rings. The van der Waals surface area contributed by atoms with Crippen molar-refractivity contribution < 1.29 is 14.6 Å². The molecule has 1 aromatic carbocycles. The highest BCUT2D eigenvalue weighted by Crippen LogP contribution is 2.15. The molecule has 0 saturated heterocycles. The summed E-state index contributed by atoms with van der Waals surface area (Å²) in [5.41, 5.74) is 0.770. The third-order valence-electron chi connectivity index (χ3n) is 2.19. The summed E-state index contributed by atoms with van der Waals surface area (Å²) in [7, 11) is 1.49. The third-order valence-corrected chi connectivity index (χ3v) is 2.53. The third kappa shape index (κ3) is 5.31. The molecule has 0 radical (unpaired) electrons. The van der Waals surface area contributed by atoms with Crippen LogP contribution in [0, 0.1) is 0 Å². The van der Waals surface area contributed by atoms with Gasteiger partial charge >= 0.3 is 0 Å². The van der Waals surface area contributed by atoms with Gasteiger partial charge in [-0.05, 0) is 17.7 Å². The lowest BCUT2D eigenvalue weighted by molar-refractivity contribution is -0.117. The van der Waals surface area contributed by atoms with Crippen LogP contribution in [0.4, 0.5) is 0 Å². The Morgan fingerprint density at radius 1 is 1.56 bits per heavy atom. The van der Waals surface area contributed by atoms with E-state index in [-0.39, 0.29) is 19.1 Å². The molecule has 0 heterocycles. The fourth-order valence-corrected chi connectivity index (χ4v) is 1.50. The van der Waals surface area contributed by atoms with Crippen LogP contribution >= 0.6 is 11.6 Å². The number of hydrogen-bond donors (Lipinski definition) is 2. The summed E-state index contributed by atoms with van der Waals surface area (Å²) < 4.78 is 4.74. The van der Waals surface area contributed by atoms with Gasteiger partial charge in [0.15, 0.2) is 0 Å². The predicted molar refractivity (Wildman–Crippen MR) is 71.4 cm³/mol. The molecule has 1 atom stereocenters. The lowest BCUT2D eigenvalue weighted by Gasteiger charge is -2.09. The number of halogens is 1. The molecule has 0 aliphatic heterocycles. The molecule has 0 saturated carbocycles. The van der Waals surface area contributed by atoms with Gasteiger partial charge in [-0.3, -0.25) is 4.79 Å². The summed E-state index contributed by atoms with van der Waals surface area (Å²) in [4.78, 5) is 11.4. The monoisotopic (exact) mass is 269 g/mol. The van der Waals surface area contributed by atoms with Crippen molar-refractivity contribution in [1.29, 1.82) is 0 Å². The number of aliphatic hydroxyl groups excluding tert-OH is 1. The van der Waals surface area contributed by atoms with Crippen molar-refractivity contribution in [2.45, 2.75) is 6.10 Å². The molecule has 0 aromatic heterocycles. The van der Waals surface area contributed by atoms with E-state index < -0.39 is 6.10 Å². The molecule has 0 fully saturated rings. The van der Waals surface area contributed by atoms with Crippen LogP contribution in [0.3, 0.4) is 0 Å². The van der Waals surface area contributed by atoms with E-state index in [1.807, 2.05) is 18.2 Å². The van der Waals surface area contributed by atoms with Gasteiger partial charge in [-0.2, -0.15) is 0 Å². The summed E-state index contributed by atoms with van der Waals surface area (Å²) in [5.74, 6) is -0.287. The van der Waals surface area contributed by atoms with Gasteiger partial charge in [0, 0.05) is 24.8 Å². The van der Waals surface area contributed by atoms with Crippen LogP contribution in [0.5, 0.6) is 0 Å². The van der Waals surface area contributed by atoms with Crippen LogP contribution in [0.15, 0.2) is 30.3 Å². The number of rotatable bonds is 6. The van der Waals surface area contributed by atoms with E-state index in [4.69, 9.17) is 16.3 Å². The average molecular weight is 270 g/mol. The first kappa shape index (κ1) is 14.7. The minimum Gasteiger partial charge on any atom is -0.389 e. The lowest BCUT2D eigenvalue weighted by atomic mass is 10.2. The van der Waals surface area contributed by atoms with Gasteiger partial charge in [0.05, 0.1) is 12.7 Å². The van der Waals surface area contributed by atoms with E-state index in [9.17, 15) is 9.90 Å². The van der Waals surface area contributed by atoms with Gasteiger partial charge in [0.25, 0.3) is 0 Å². The topological polar surface area (TPSA) is 58.6 Å². The van der Waals surface area contributed by atoms with Crippen LogP contribution in [-0.4, -0.2) is 37.4 Å². The normalized spacial score (nSPS) is 12.6. The quantitative estimate of drug-likeness (QED) is 0.769. The summed E-state index contributed by atoms with van der Waals surface area (Å²) in [5, 5.41) is 12.5. The van der Waals surface area contributed by atoms with Crippen molar-refractivity contribution in [2.24, 2.45) is 0 Å². The Labute approximate surface area is 111 Å². The minimum atomic E-state index is -0.701. The van der Waals surface area contributed by atoms with Crippen molar-refractivity contribution in [2.75, 3.05) is 20.3 Å². The second kappa shape index (κ2) is 7.87. The molecule has 1 amide bonds. The number of aliphatic hydroxyl groups is 1. The predicted octanol–water partition coefficient (Wildman–Crippen LogP) is 1.48. The van der Waals surface area contributed by atoms with Crippen molar-refractivity contribution in [3.05, 3.63) is 40.9 Å². The molecule has 1 rings (SSSR count). The number of nitrogens with one attached hydrogen (secondary N) is 1. The largest absolute Gasteiger partial charge is 0.389 e. The highest BCUT2D eigenvalue weighted by atomic mass is 35.5. The van der Waals surface area contributed by atoms with Gasteiger partial charge in [0.2, 0.25) is 5.91 Å². The molecule has 4 nitrogen and oxygen atoms in total. The van der Waals surface area contributed by atoms with Crippen LogP contribution in [-0.2, 0) is 9.53 Å². The Morgan fingerprint density at radius 2 is 2.28 bits per heavy atom. The summed E-state index contributed by atoms with van der Waals surface area (Å²) in [6.07, 6.45) is 2.30. The van der Waals surface area contributed by atoms with E-state index in [2.05, 4.69) is 5.32 Å². The van der Waals surface area contributed by atoms with E-state index in [0.29, 0.717) is 5.02 Å². The second-order valence-electron chi connectivity index (χ2n) is 3.71. The molecule has 0 spiro atoms. The number of ether oxygens (including phenoxy) is 1. The Bertz CT molecular complexity index is 420. The first-order chi connectivity index (χ1) is 8.63. The van der Waals surface area contributed by atoms with Crippen LogP contribution in [0.25, 0.3) is 6.08 Å². The highest BCUT2D eigenvalue weighted by Gasteiger charge is 2.04. The summed E-state index contributed by atoms with van der Waals surface area (Å²) >= 11 is 5.94. The standard InChI is InChI=1S/C13H16ClNO3/c1-18-9-11(16)8-15-13(17)7-6-10-4-2-3-5-12(10)14/h2-7,11,16H,8-9H2,1H3,(H,15,17). The maximum absolute atomic E-state index is 11.4. The molecule has 0 aliphatic rings. The first-order valence-electron chi connectivity index (χ1n) is 5.51. The van der Waals surface area contributed by atoms with E-state index >= 15 is 0 Å². The van der Waals surface area contributed by atoms with Crippen molar-refractivity contribution in [3.63, 3.8) is 0 Å². The first-order valence-corrected chi connectivity index (χ1v) is 5.88. The number of carbonyl (C=O) groups is 1. The molecule has 18 heavy (non-hydrogen) atoms. The Hall–Kier alpha value is -1.36. The van der Waals surface area contributed by atoms with Gasteiger partial charge in [-0.25, -0.2) is 0 Å². The number of carbonyl (C=O) groups excluding carboxylic acids is 1. The zero-order valence-electron chi connectivity index (χ0n) is 10.1. The average Bonchev–Trinajstić information content (AvgIpc) is 2.36. The van der Waals surface area contributed by atoms with Crippen molar-refractivity contribution in [1.82, 2.24) is 5.32 Å². The smallest absolute Gasteiger partial charge is 0.244 e. The van der Waals surface area contributed by atoms with Crippen molar-refractivity contribution >= 4 is 23.6 Å². The number of benzene rings is 1. The Morgan fingerprint density at radius 3 is 2.94 bits per heavy atom. The Balaban J connectivity index is 2.43. The number of hydrogen-bond acceptors (Lipinski definition) is 3. The van der Waals surface area contributed by atoms with E-state index in [0.717, 1.165) is 5.56 Å². The van der Waals surface area contributed by atoms with Crippen LogP contribution in [0.2, 0.25) is 5.02 Å². The molecule has 0 aliphatic carbocycles. The van der Waals surface area contributed by atoms with Crippen LogP contribution < -0.4 is 5.32 Å². The zero-order valence-corrected chi connectivity index (χ0v) is 10.9. The van der Waals surface area contributed by atoms with Crippen molar-refractivity contribution in [3.8, 4) is 0 Å². The fourth-order valence-electron chi connectivity index (χ4n) is 1.30. The number of amides is 1. The maximum Gasteiger partial charge on any atom is 0.244 e. The molecule has 1 unspecified atom stereocenters. The summed E-state index contributed by atoms with van der Waals surface area (Å²) in [6.45, 7) is 0.341.